The zero-order chi connectivity index (χ0) is 35.9. The third-order valence-corrected chi connectivity index (χ3v) is 11.8. The highest BCUT2D eigenvalue weighted by atomic mass is 35.5. The van der Waals surface area contributed by atoms with Crippen LogP contribution in [-0.2, 0) is 27.9 Å². The normalized spacial score (nSPS) is 18.8. The van der Waals surface area contributed by atoms with Crippen LogP contribution in [0.15, 0.2) is 27.4 Å². The minimum atomic E-state index is -4.05. The van der Waals surface area contributed by atoms with Crippen molar-refractivity contribution >= 4 is 50.3 Å². The number of likely N-dealkylation sites (N-methyl/N-ethyl adjacent to an activating group) is 1. The predicted molar refractivity (Wildman–Crippen MR) is 191 cm³/mol. The lowest BCUT2D eigenvalue weighted by Crippen LogP contribution is -2.53. The first-order valence-electron chi connectivity index (χ1n) is 16.9. The summed E-state index contributed by atoms with van der Waals surface area (Å²) < 4.78 is 46.0. The Bertz CT molecular complexity index is 2000. The van der Waals surface area contributed by atoms with Crippen molar-refractivity contribution < 1.29 is 31.9 Å². The van der Waals surface area contributed by atoms with E-state index in [1.165, 1.54) is 21.3 Å². The first-order chi connectivity index (χ1) is 23.8. The summed E-state index contributed by atoms with van der Waals surface area (Å²) in [5, 5.41) is 0.848. The third kappa shape index (κ3) is 6.83. The molecule has 13 nitrogen and oxygen atoms in total. The lowest BCUT2D eigenvalue weighted by atomic mass is 9.92. The zero-order valence-electron chi connectivity index (χ0n) is 29.1. The Morgan fingerprint density at radius 2 is 1.78 bits per heavy atom. The molecule has 1 N–H and O–H groups in total. The van der Waals surface area contributed by atoms with E-state index >= 15 is 0 Å². The molecule has 50 heavy (non-hydrogen) atoms. The van der Waals surface area contributed by atoms with Gasteiger partial charge in [0.1, 0.15) is 11.3 Å². The summed E-state index contributed by atoms with van der Waals surface area (Å²) in [5.41, 5.74) is 4.24. The molecule has 2 fully saturated rings. The molecule has 3 aliphatic rings. The Morgan fingerprint density at radius 1 is 1.04 bits per heavy atom. The number of carbonyl (C=O) groups is 2. The average molecular weight is 730 g/mol. The molecule has 15 heteroatoms. The van der Waals surface area contributed by atoms with Crippen molar-refractivity contribution in [3.8, 4) is 5.75 Å². The molecule has 0 aliphatic carbocycles. The summed E-state index contributed by atoms with van der Waals surface area (Å²) in [6.45, 7) is 10.00. The molecule has 0 unspecified atom stereocenters. The summed E-state index contributed by atoms with van der Waals surface area (Å²) in [4.78, 5) is 46.8. The van der Waals surface area contributed by atoms with Crippen LogP contribution in [0.3, 0.4) is 0 Å². The zero-order valence-corrected chi connectivity index (χ0v) is 30.7. The molecule has 2 aromatic carbocycles. The number of amides is 2. The predicted octanol–water partition coefficient (Wildman–Crippen LogP) is 3.50. The number of anilines is 1. The molecule has 1 aromatic heterocycles. The SMILES string of the molecule is CCOc1cc(C(=O)N2CCc3c(c(=O)oc4c(C)c(N5CCN(C)[C@@H](COC)C5)cc(C)c34)C2)c(Cl)cc1C(=O)NS(=O)(=O)N1CCCC1. The van der Waals surface area contributed by atoms with Crippen LogP contribution in [0.2, 0.25) is 5.02 Å². The number of carbonyl (C=O) groups excluding carboxylic acids is 2. The van der Waals surface area contributed by atoms with Gasteiger partial charge in [-0.3, -0.25) is 14.5 Å². The van der Waals surface area contributed by atoms with Gasteiger partial charge in [0.2, 0.25) is 0 Å². The van der Waals surface area contributed by atoms with E-state index in [-0.39, 0.29) is 41.1 Å². The Labute approximate surface area is 297 Å². The molecular formula is C35H44ClN5O8S. The quantitative estimate of drug-likeness (QED) is 0.326. The number of piperazine rings is 1. The Balaban J connectivity index is 1.27. The van der Waals surface area contributed by atoms with Crippen LogP contribution in [0.25, 0.3) is 11.0 Å². The van der Waals surface area contributed by atoms with E-state index in [1.54, 1.807) is 14.0 Å². The fourth-order valence-corrected chi connectivity index (χ4v) is 8.75. The number of benzene rings is 2. The van der Waals surface area contributed by atoms with E-state index in [4.69, 9.17) is 25.5 Å². The molecule has 0 spiro atoms. The van der Waals surface area contributed by atoms with Crippen molar-refractivity contribution in [1.29, 1.82) is 0 Å². The maximum absolute atomic E-state index is 13.9. The van der Waals surface area contributed by atoms with Gasteiger partial charge in [0.05, 0.1) is 47.5 Å². The maximum Gasteiger partial charge on any atom is 0.341 e. The lowest BCUT2D eigenvalue weighted by Gasteiger charge is -2.41. The number of ether oxygens (including phenoxy) is 2. The molecule has 2 amide bonds. The monoisotopic (exact) mass is 729 g/mol. The highest BCUT2D eigenvalue weighted by Crippen LogP contribution is 2.37. The van der Waals surface area contributed by atoms with Crippen molar-refractivity contribution in [2.45, 2.75) is 52.6 Å². The van der Waals surface area contributed by atoms with Gasteiger partial charge in [-0.05, 0) is 76.4 Å². The first-order valence-corrected chi connectivity index (χ1v) is 18.8. The summed E-state index contributed by atoms with van der Waals surface area (Å²) in [6.07, 6.45) is 1.86. The van der Waals surface area contributed by atoms with Crippen LogP contribution in [0.5, 0.6) is 5.75 Å². The number of nitrogens with zero attached hydrogens (tertiary/aromatic N) is 4. The topological polar surface area (TPSA) is 142 Å². The molecule has 3 aliphatic heterocycles. The number of nitrogens with one attached hydrogen (secondary N) is 1. The summed E-state index contributed by atoms with van der Waals surface area (Å²) in [6, 6.07) is 5.00. The molecular weight excluding hydrogens is 686 g/mol. The highest BCUT2D eigenvalue weighted by molar-refractivity contribution is 7.87. The maximum atomic E-state index is 13.9. The third-order valence-electron chi connectivity index (χ3n) is 10.0. The molecule has 6 rings (SSSR count). The van der Waals surface area contributed by atoms with Gasteiger partial charge in [0, 0.05) is 63.0 Å². The molecule has 4 heterocycles. The van der Waals surface area contributed by atoms with Crippen LogP contribution >= 0.6 is 11.6 Å². The van der Waals surface area contributed by atoms with Crippen LogP contribution < -0.4 is 20.0 Å². The van der Waals surface area contributed by atoms with Gasteiger partial charge in [-0.1, -0.05) is 11.6 Å². The van der Waals surface area contributed by atoms with Crippen LogP contribution in [0.4, 0.5) is 5.69 Å². The van der Waals surface area contributed by atoms with Crippen molar-refractivity contribution in [1.82, 2.24) is 18.8 Å². The van der Waals surface area contributed by atoms with E-state index in [1.807, 2.05) is 13.8 Å². The molecule has 0 saturated carbocycles. The lowest BCUT2D eigenvalue weighted by molar-refractivity contribution is 0.0732. The van der Waals surface area contributed by atoms with E-state index in [0.717, 1.165) is 47.4 Å². The standard InChI is InChI=1S/C35H44ClN5O8S/c1-6-48-30-17-25(28(36)16-26(30)33(42)37-50(45,46)41-10-7-8-11-41)34(43)40-12-9-24-27(19-40)35(44)49-32-22(3)29(15-21(2)31(24)32)39-14-13-38(4)23(18-39)20-47-5/h15-17,23H,6-14,18-20H2,1-5H3,(H,37,42)/t23-/m1/s1. The van der Waals surface area contributed by atoms with Crippen LogP contribution in [0, 0.1) is 13.8 Å². The fourth-order valence-electron chi connectivity index (χ4n) is 7.30. The Kier molecular flexibility index (Phi) is 10.5. The summed E-state index contributed by atoms with van der Waals surface area (Å²) >= 11 is 6.58. The minimum absolute atomic E-state index is 0.0143. The molecule has 1 atom stereocenters. The van der Waals surface area contributed by atoms with Crippen molar-refractivity contribution in [3.05, 3.63) is 67.0 Å². The van der Waals surface area contributed by atoms with Gasteiger partial charge in [-0.25, -0.2) is 9.52 Å². The van der Waals surface area contributed by atoms with Crippen LogP contribution in [0.1, 0.15) is 62.7 Å². The molecule has 270 valence electrons. The number of hydrogen-bond acceptors (Lipinski definition) is 10. The second kappa shape index (κ2) is 14.5. The molecule has 3 aromatic rings. The minimum Gasteiger partial charge on any atom is -0.493 e. The number of fused-ring (bicyclic) bond motifs is 3. The molecule has 0 radical (unpaired) electrons. The van der Waals surface area contributed by atoms with Gasteiger partial charge in [-0.2, -0.15) is 12.7 Å². The molecule has 0 bridgehead atoms. The number of hydrogen-bond donors (Lipinski definition) is 1. The van der Waals surface area contributed by atoms with Gasteiger partial charge in [0.15, 0.2) is 0 Å². The number of aryl methyl sites for hydroxylation is 2. The highest BCUT2D eigenvalue weighted by Gasteiger charge is 2.33. The van der Waals surface area contributed by atoms with E-state index < -0.39 is 27.6 Å². The second-order valence-corrected chi connectivity index (χ2v) is 15.3. The summed E-state index contributed by atoms with van der Waals surface area (Å²) in [7, 11) is -0.241. The number of rotatable bonds is 9. The van der Waals surface area contributed by atoms with Gasteiger partial charge < -0.3 is 23.7 Å². The van der Waals surface area contributed by atoms with E-state index in [9.17, 15) is 22.8 Å². The van der Waals surface area contributed by atoms with Gasteiger partial charge >= 0.3 is 15.8 Å². The van der Waals surface area contributed by atoms with Gasteiger partial charge in [-0.15, -0.1) is 0 Å². The van der Waals surface area contributed by atoms with E-state index in [2.05, 4.69) is 27.6 Å². The Hall–Kier alpha value is -3.69. The van der Waals surface area contributed by atoms with Crippen molar-refractivity contribution in [2.75, 3.05) is 71.5 Å². The fraction of sp³-hybridized carbons (Fsp3) is 0.514. The number of methoxy groups -OCH3 is 1. The number of halogens is 1. The van der Waals surface area contributed by atoms with Crippen molar-refractivity contribution in [3.63, 3.8) is 0 Å². The van der Waals surface area contributed by atoms with Crippen molar-refractivity contribution in [2.24, 2.45) is 0 Å². The van der Waals surface area contributed by atoms with E-state index in [0.29, 0.717) is 56.7 Å². The summed E-state index contributed by atoms with van der Waals surface area (Å²) in [5.74, 6) is -1.34. The Morgan fingerprint density at radius 3 is 2.48 bits per heavy atom. The smallest absolute Gasteiger partial charge is 0.341 e. The van der Waals surface area contributed by atoms with Crippen LogP contribution in [-0.4, -0.2) is 107 Å². The first kappa shape index (κ1) is 36.1. The average Bonchev–Trinajstić information content (AvgIpc) is 3.64. The largest absolute Gasteiger partial charge is 0.493 e. The second-order valence-electron chi connectivity index (χ2n) is 13.2. The molecule has 2 saturated heterocycles. The van der Waals surface area contributed by atoms with Gasteiger partial charge in [0.25, 0.3) is 11.8 Å².